The first-order chi connectivity index (χ1) is 7.39. The van der Waals surface area contributed by atoms with Crippen molar-refractivity contribution in [2.24, 2.45) is 0 Å². The van der Waals surface area contributed by atoms with Crippen LogP contribution in [0.5, 0.6) is 0 Å². The zero-order chi connectivity index (χ0) is 11.9. The lowest BCUT2D eigenvalue weighted by atomic mass is 9.81. The Bertz CT molecular complexity index is 379. The van der Waals surface area contributed by atoms with Crippen LogP contribution < -0.4 is 0 Å². The molecule has 1 fully saturated rings. The van der Waals surface area contributed by atoms with E-state index < -0.39 is 19.0 Å². The van der Waals surface area contributed by atoms with Crippen molar-refractivity contribution in [3.05, 3.63) is 29.6 Å². The van der Waals surface area contributed by atoms with Crippen molar-refractivity contribution in [1.29, 1.82) is 0 Å². The maximum Gasteiger partial charge on any atom is 0.455 e. The number of aromatic nitrogens is 1. The smallest absolute Gasteiger partial charge is 0.427 e. The summed E-state index contributed by atoms with van der Waals surface area (Å²) in [6, 6.07) is 2.25. The molecular formula is C9H9BF3NO2. The second-order valence-electron chi connectivity index (χ2n) is 3.89. The van der Waals surface area contributed by atoms with Gasteiger partial charge >= 0.3 is 13.3 Å². The van der Waals surface area contributed by atoms with E-state index in [9.17, 15) is 13.2 Å². The van der Waals surface area contributed by atoms with E-state index in [-0.39, 0.29) is 11.7 Å². The van der Waals surface area contributed by atoms with Crippen molar-refractivity contribution in [3.63, 3.8) is 0 Å². The number of rotatable bonds is 2. The third kappa shape index (κ3) is 2.20. The van der Waals surface area contributed by atoms with E-state index in [1.54, 1.807) is 0 Å². The van der Waals surface area contributed by atoms with Crippen LogP contribution in [0.1, 0.15) is 23.6 Å². The minimum absolute atomic E-state index is 0.0882. The first-order valence-electron chi connectivity index (χ1n) is 4.79. The summed E-state index contributed by atoms with van der Waals surface area (Å²) in [6.07, 6.45) is -2.71. The van der Waals surface area contributed by atoms with Gasteiger partial charge in [0.05, 0.1) is 0 Å². The Balaban J connectivity index is 2.10. The average Bonchev–Trinajstić information content (AvgIpc) is 2.96. The number of alkyl halides is 3. The highest BCUT2D eigenvalue weighted by Crippen LogP contribution is 2.53. The van der Waals surface area contributed by atoms with E-state index in [1.807, 2.05) is 0 Å². The largest absolute Gasteiger partial charge is 0.455 e. The van der Waals surface area contributed by atoms with E-state index in [0.29, 0.717) is 12.0 Å². The molecule has 0 spiro atoms. The summed E-state index contributed by atoms with van der Waals surface area (Å²) < 4.78 is 36.6. The van der Waals surface area contributed by atoms with E-state index in [2.05, 4.69) is 4.98 Å². The summed E-state index contributed by atoms with van der Waals surface area (Å²) in [6.45, 7) is 0. The second kappa shape index (κ2) is 3.74. The molecule has 86 valence electrons. The molecule has 7 heteroatoms. The molecule has 0 amide bonds. The maximum atomic E-state index is 12.2. The lowest BCUT2D eigenvalue weighted by molar-refractivity contribution is -0.141. The summed E-state index contributed by atoms with van der Waals surface area (Å²) in [5.41, 5.74) is -0.316. The molecule has 2 unspecified atom stereocenters. The molecule has 2 N–H and O–H groups in total. The van der Waals surface area contributed by atoms with Gasteiger partial charge in [0.15, 0.2) is 0 Å². The molecule has 0 saturated heterocycles. The molecule has 16 heavy (non-hydrogen) atoms. The SMILES string of the molecule is OB(O)C1CC1c1ccc(C(F)(F)F)nc1. The van der Waals surface area contributed by atoms with Crippen LogP contribution in [-0.4, -0.2) is 22.2 Å². The lowest BCUT2D eigenvalue weighted by Crippen LogP contribution is -2.11. The minimum Gasteiger partial charge on any atom is -0.427 e. The van der Waals surface area contributed by atoms with Gasteiger partial charge in [-0.15, -0.1) is 0 Å². The van der Waals surface area contributed by atoms with Gasteiger partial charge in [-0.2, -0.15) is 13.2 Å². The molecular weight excluding hydrogens is 222 g/mol. The molecule has 1 saturated carbocycles. The van der Waals surface area contributed by atoms with Crippen molar-refractivity contribution >= 4 is 7.12 Å². The number of pyridine rings is 1. The molecule has 1 aliphatic rings. The van der Waals surface area contributed by atoms with Gasteiger partial charge in [0.2, 0.25) is 0 Å². The van der Waals surface area contributed by atoms with Crippen molar-refractivity contribution in [2.75, 3.05) is 0 Å². The van der Waals surface area contributed by atoms with Gasteiger partial charge in [-0.3, -0.25) is 4.98 Å². The molecule has 0 aliphatic heterocycles. The Morgan fingerprint density at radius 3 is 2.38 bits per heavy atom. The topological polar surface area (TPSA) is 53.4 Å². The minimum atomic E-state index is -4.43. The highest BCUT2D eigenvalue weighted by Gasteiger charge is 2.46. The Labute approximate surface area is 90.1 Å². The quantitative estimate of drug-likeness (QED) is 0.757. The van der Waals surface area contributed by atoms with E-state index in [4.69, 9.17) is 10.0 Å². The van der Waals surface area contributed by atoms with Gasteiger partial charge in [0.1, 0.15) is 5.69 Å². The van der Waals surface area contributed by atoms with E-state index in [1.165, 1.54) is 6.07 Å². The van der Waals surface area contributed by atoms with Crippen molar-refractivity contribution < 1.29 is 23.2 Å². The van der Waals surface area contributed by atoms with Gasteiger partial charge in [-0.05, 0) is 24.0 Å². The lowest BCUT2D eigenvalue weighted by Gasteiger charge is -2.06. The van der Waals surface area contributed by atoms with Gasteiger partial charge in [0, 0.05) is 12.0 Å². The van der Waals surface area contributed by atoms with Crippen LogP contribution in [0.25, 0.3) is 0 Å². The number of hydrogen-bond acceptors (Lipinski definition) is 3. The van der Waals surface area contributed by atoms with E-state index in [0.717, 1.165) is 12.3 Å². The summed E-state index contributed by atoms with van der Waals surface area (Å²) in [4.78, 5) is 3.32. The van der Waals surface area contributed by atoms with Crippen LogP contribution in [0.15, 0.2) is 18.3 Å². The molecule has 0 aromatic carbocycles. The van der Waals surface area contributed by atoms with Crippen molar-refractivity contribution in [2.45, 2.75) is 24.3 Å². The van der Waals surface area contributed by atoms with Crippen molar-refractivity contribution in [1.82, 2.24) is 4.98 Å². The maximum absolute atomic E-state index is 12.2. The van der Waals surface area contributed by atoms with Gasteiger partial charge < -0.3 is 10.0 Å². The second-order valence-corrected chi connectivity index (χ2v) is 3.89. The Kier molecular flexibility index (Phi) is 2.67. The van der Waals surface area contributed by atoms with Gasteiger partial charge in [-0.25, -0.2) is 0 Å². The summed E-state index contributed by atoms with van der Waals surface area (Å²) in [5, 5.41) is 17.7. The molecule has 1 aromatic rings. The third-order valence-corrected chi connectivity index (χ3v) is 2.73. The molecule has 0 radical (unpaired) electrons. The third-order valence-electron chi connectivity index (χ3n) is 2.73. The molecule has 3 nitrogen and oxygen atoms in total. The van der Waals surface area contributed by atoms with Gasteiger partial charge in [-0.1, -0.05) is 6.07 Å². The molecule has 2 atom stereocenters. The molecule has 2 rings (SSSR count). The monoisotopic (exact) mass is 231 g/mol. The molecule has 1 aromatic heterocycles. The standard InChI is InChI=1S/C9H9BF3NO2/c11-9(12,13)8-2-1-5(4-14-8)6-3-7(6)10(15)16/h1-2,4,6-7,15-16H,3H2. The fourth-order valence-corrected chi connectivity index (χ4v) is 1.72. The van der Waals surface area contributed by atoms with Crippen LogP contribution in [0.2, 0.25) is 5.82 Å². The summed E-state index contributed by atoms with van der Waals surface area (Å²) >= 11 is 0. The highest BCUT2D eigenvalue weighted by atomic mass is 19.4. The fourth-order valence-electron chi connectivity index (χ4n) is 1.72. The molecule has 0 bridgehead atoms. The summed E-state index contributed by atoms with van der Waals surface area (Å²) in [5.74, 6) is -0.367. The number of nitrogens with zero attached hydrogens (tertiary/aromatic N) is 1. The van der Waals surface area contributed by atoms with Crippen LogP contribution in [0.4, 0.5) is 13.2 Å². The predicted octanol–water partition coefficient (Wildman–Crippen LogP) is 1.43. The Morgan fingerprint density at radius 2 is 2.00 bits per heavy atom. The van der Waals surface area contributed by atoms with Crippen molar-refractivity contribution in [3.8, 4) is 0 Å². The normalized spacial score (nSPS) is 24.3. The number of halogens is 3. The van der Waals surface area contributed by atoms with Crippen LogP contribution in [0.3, 0.4) is 0 Å². The Morgan fingerprint density at radius 1 is 1.31 bits per heavy atom. The van der Waals surface area contributed by atoms with Crippen LogP contribution >= 0.6 is 0 Å². The van der Waals surface area contributed by atoms with Crippen LogP contribution in [0, 0.1) is 0 Å². The average molecular weight is 231 g/mol. The zero-order valence-corrected chi connectivity index (χ0v) is 8.15. The summed E-state index contributed by atoms with van der Waals surface area (Å²) in [7, 11) is -1.41. The van der Waals surface area contributed by atoms with Crippen LogP contribution in [-0.2, 0) is 6.18 Å². The Hall–Kier alpha value is -1.08. The fraction of sp³-hybridized carbons (Fsp3) is 0.444. The first-order valence-corrected chi connectivity index (χ1v) is 4.79. The number of hydrogen-bond donors (Lipinski definition) is 2. The highest BCUT2D eigenvalue weighted by molar-refractivity contribution is 6.44. The van der Waals surface area contributed by atoms with E-state index >= 15 is 0 Å². The van der Waals surface area contributed by atoms with Gasteiger partial charge in [0.25, 0.3) is 0 Å². The first kappa shape index (κ1) is 11.4. The molecule has 1 heterocycles. The predicted molar refractivity (Wildman–Crippen MR) is 50.5 cm³/mol. The molecule has 1 aliphatic carbocycles. The zero-order valence-electron chi connectivity index (χ0n) is 8.15.